The third-order valence-corrected chi connectivity index (χ3v) is 8.38. The van der Waals surface area contributed by atoms with Crippen LogP contribution in [0.25, 0.3) is 0 Å². The first kappa shape index (κ1) is 20.9. The van der Waals surface area contributed by atoms with Gasteiger partial charge in [0, 0.05) is 44.1 Å². The second-order valence-electron chi connectivity index (χ2n) is 10.7. The summed E-state index contributed by atoms with van der Waals surface area (Å²) >= 11 is 0. The van der Waals surface area contributed by atoms with Crippen molar-refractivity contribution in [3.63, 3.8) is 0 Å². The number of carbonyl (C=O) groups is 1. The van der Waals surface area contributed by atoms with Crippen LogP contribution in [0.3, 0.4) is 0 Å². The van der Waals surface area contributed by atoms with E-state index in [1.165, 1.54) is 11.3 Å². The zero-order valence-corrected chi connectivity index (χ0v) is 19.3. The lowest BCUT2D eigenvalue weighted by Crippen LogP contribution is -2.61. The number of nitrogens with zero attached hydrogens (tertiary/aromatic N) is 4. The molecule has 2 atom stereocenters. The molecule has 1 amide bonds. The Bertz CT molecular complexity index is 1020. The second kappa shape index (κ2) is 7.97. The van der Waals surface area contributed by atoms with E-state index < -0.39 is 5.60 Å². The van der Waals surface area contributed by atoms with Crippen LogP contribution in [-0.2, 0) is 0 Å². The zero-order chi connectivity index (χ0) is 22.6. The largest absolute Gasteiger partial charge is 0.390 e. The number of aromatic nitrogens is 2. The van der Waals surface area contributed by atoms with Gasteiger partial charge in [0.15, 0.2) is 0 Å². The average Bonchev–Trinajstić information content (AvgIpc) is 2.81. The maximum atomic E-state index is 13.1. The second-order valence-corrected chi connectivity index (χ2v) is 10.7. The summed E-state index contributed by atoms with van der Waals surface area (Å²) in [6, 6.07) is 10.5. The number of amides is 1. The van der Waals surface area contributed by atoms with Crippen molar-refractivity contribution in [3.8, 4) is 0 Å². The Labute approximate surface area is 195 Å². The van der Waals surface area contributed by atoms with Gasteiger partial charge in [-0.1, -0.05) is 17.7 Å². The van der Waals surface area contributed by atoms with E-state index in [0.29, 0.717) is 29.4 Å². The van der Waals surface area contributed by atoms with Crippen molar-refractivity contribution in [2.24, 2.45) is 17.8 Å². The molecule has 0 radical (unpaired) electrons. The van der Waals surface area contributed by atoms with Gasteiger partial charge >= 0.3 is 0 Å². The molecule has 1 saturated heterocycles. The van der Waals surface area contributed by atoms with Crippen LogP contribution >= 0.6 is 0 Å². The summed E-state index contributed by atoms with van der Waals surface area (Å²) < 4.78 is 0. The quantitative estimate of drug-likeness (QED) is 0.750. The van der Waals surface area contributed by atoms with Crippen molar-refractivity contribution in [3.05, 3.63) is 47.8 Å². The van der Waals surface area contributed by atoms with Crippen molar-refractivity contribution in [2.75, 3.05) is 36.0 Å². The van der Waals surface area contributed by atoms with Gasteiger partial charge in [0.1, 0.15) is 5.69 Å². The number of piperazine rings is 1. The highest BCUT2D eigenvalue weighted by Crippen LogP contribution is 2.55. The monoisotopic (exact) mass is 447 g/mol. The van der Waals surface area contributed by atoms with Gasteiger partial charge in [0.05, 0.1) is 5.60 Å². The van der Waals surface area contributed by atoms with Crippen LogP contribution in [0.2, 0.25) is 0 Å². The number of aliphatic hydroxyl groups is 1. The number of anilines is 2. The van der Waals surface area contributed by atoms with Gasteiger partial charge in [-0.15, -0.1) is 0 Å². The van der Waals surface area contributed by atoms with E-state index in [-0.39, 0.29) is 11.9 Å². The fourth-order valence-electron chi connectivity index (χ4n) is 6.99. The van der Waals surface area contributed by atoms with E-state index >= 15 is 0 Å². The van der Waals surface area contributed by atoms with Crippen molar-refractivity contribution >= 4 is 17.5 Å². The number of carbonyl (C=O) groups excluding carboxylic acids is 1. The van der Waals surface area contributed by atoms with E-state index in [4.69, 9.17) is 0 Å². The first-order valence-electron chi connectivity index (χ1n) is 12.4. The molecule has 1 aromatic carbocycles. The van der Waals surface area contributed by atoms with Gasteiger partial charge in [-0.05, 0) is 75.0 Å². The molecule has 1 aromatic heterocycles. The SMILES string of the molecule is Cc1ccc(N2CCN(c3nccc(C(=O)N[C@H]4C5CC6CC4C[C@](O)(C6)C5)n3)CC2)cc1. The molecule has 2 aromatic rings. The lowest BCUT2D eigenvalue weighted by molar-refractivity contribution is -0.136. The Hall–Kier alpha value is -2.67. The molecule has 5 fully saturated rings. The predicted molar refractivity (Wildman–Crippen MR) is 127 cm³/mol. The number of benzene rings is 1. The smallest absolute Gasteiger partial charge is 0.270 e. The van der Waals surface area contributed by atoms with Crippen molar-refractivity contribution in [1.82, 2.24) is 15.3 Å². The normalized spacial score (nSPS) is 32.8. The minimum atomic E-state index is -0.486. The third kappa shape index (κ3) is 3.97. The summed E-state index contributed by atoms with van der Waals surface area (Å²) in [6.45, 7) is 5.56. The van der Waals surface area contributed by atoms with E-state index in [2.05, 4.69) is 56.3 Å². The van der Waals surface area contributed by atoms with Gasteiger partial charge in [-0.3, -0.25) is 4.79 Å². The van der Waals surface area contributed by atoms with E-state index in [9.17, 15) is 9.90 Å². The molecule has 33 heavy (non-hydrogen) atoms. The van der Waals surface area contributed by atoms with Gasteiger partial charge in [0.2, 0.25) is 5.95 Å². The molecule has 4 bridgehead atoms. The summed E-state index contributed by atoms with van der Waals surface area (Å²) in [6.07, 6.45) is 6.56. The minimum absolute atomic E-state index is 0.110. The van der Waals surface area contributed by atoms with Crippen LogP contribution in [0.5, 0.6) is 0 Å². The number of hydrogen-bond donors (Lipinski definition) is 2. The van der Waals surface area contributed by atoms with Crippen molar-refractivity contribution in [2.45, 2.75) is 50.7 Å². The maximum Gasteiger partial charge on any atom is 0.270 e. The number of hydrogen-bond acceptors (Lipinski definition) is 6. The molecule has 5 aliphatic rings. The Morgan fingerprint density at radius 3 is 2.33 bits per heavy atom. The summed E-state index contributed by atoms with van der Waals surface area (Å²) in [5.74, 6) is 1.93. The molecule has 2 unspecified atom stereocenters. The fraction of sp³-hybridized carbons (Fsp3) is 0.577. The summed E-state index contributed by atoms with van der Waals surface area (Å²) in [5.41, 5.74) is 2.47. The fourth-order valence-corrected chi connectivity index (χ4v) is 6.99. The predicted octanol–water partition coefficient (Wildman–Crippen LogP) is 2.78. The molecular weight excluding hydrogens is 414 g/mol. The lowest BCUT2D eigenvalue weighted by atomic mass is 9.52. The summed E-state index contributed by atoms with van der Waals surface area (Å²) in [5, 5.41) is 14.1. The average molecular weight is 448 g/mol. The lowest BCUT2D eigenvalue weighted by Gasteiger charge is -2.58. The molecule has 0 spiro atoms. The molecule has 7 rings (SSSR count). The van der Waals surface area contributed by atoms with Gasteiger partial charge in [0.25, 0.3) is 5.91 Å². The maximum absolute atomic E-state index is 13.1. The van der Waals surface area contributed by atoms with E-state index in [1.54, 1.807) is 12.3 Å². The molecule has 174 valence electrons. The Kier molecular flexibility index (Phi) is 5.05. The van der Waals surface area contributed by atoms with Crippen molar-refractivity contribution < 1.29 is 9.90 Å². The molecule has 7 heteroatoms. The zero-order valence-electron chi connectivity index (χ0n) is 19.3. The molecule has 4 aliphatic carbocycles. The van der Waals surface area contributed by atoms with Gasteiger partial charge in [-0.25, -0.2) is 9.97 Å². The Balaban J connectivity index is 1.10. The molecule has 1 aliphatic heterocycles. The summed E-state index contributed by atoms with van der Waals surface area (Å²) in [7, 11) is 0. The van der Waals surface area contributed by atoms with Crippen LogP contribution in [0.15, 0.2) is 36.5 Å². The van der Waals surface area contributed by atoms with Gasteiger partial charge < -0.3 is 20.2 Å². The molecule has 2 N–H and O–H groups in total. The standard InChI is InChI=1S/C26H33N5O2/c1-17-2-4-21(5-3-17)30-8-10-31(11-9-30)25-27-7-6-22(28-25)24(32)29-23-19-12-18-13-20(23)16-26(33,14-18)15-19/h2-7,18-20,23,33H,8-16H2,1H3,(H,29,32)/t18?,19?,20?,23-,26-. The van der Waals surface area contributed by atoms with Crippen molar-refractivity contribution in [1.29, 1.82) is 0 Å². The highest BCUT2D eigenvalue weighted by atomic mass is 16.3. The Morgan fingerprint density at radius 1 is 1.00 bits per heavy atom. The highest BCUT2D eigenvalue weighted by Gasteiger charge is 2.55. The van der Waals surface area contributed by atoms with Crippen LogP contribution in [0.4, 0.5) is 11.6 Å². The highest BCUT2D eigenvalue weighted by molar-refractivity contribution is 5.92. The van der Waals surface area contributed by atoms with E-state index in [0.717, 1.165) is 58.3 Å². The number of rotatable bonds is 4. The number of nitrogens with one attached hydrogen (secondary N) is 1. The Morgan fingerprint density at radius 2 is 1.67 bits per heavy atom. The van der Waals surface area contributed by atoms with Crippen LogP contribution in [0.1, 0.15) is 48.2 Å². The first-order chi connectivity index (χ1) is 16.0. The topological polar surface area (TPSA) is 81.6 Å². The first-order valence-corrected chi connectivity index (χ1v) is 12.4. The van der Waals surface area contributed by atoms with Gasteiger partial charge in [-0.2, -0.15) is 0 Å². The molecule has 4 saturated carbocycles. The minimum Gasteiger partial charge on any atom is -0.390 e. The van der Waals surface area contributed by atoms with Crippen LogP contribution < -0.4 is 15.1 Å². The third-order valence-electron chi connectivity index (χ3n) is 8.38. The number of aryl methyl sites for hydroxylation is 1. The van der Waals surface area contributed by atoms with E-state index in [1.807, 2.05) is 0 Å². The molecule has 2 heterocycles. The molecule has 7 nitrogen and oxygen atoms in total. The summed E-state index contributed by atoms with van der Waals surface area (Å²) in [4.78, 5) is 26.8. The molecular formula is C26H33N5O2. The van der Waals surface area contributed by atoms with Crippen LogP contribution in [0, 0.1) is 24.7 Å². The van der Waals surface area contributed by atoms with Crippen LogP contribution in [-0.4, -0.2) is 58.8 Å².